The van der Waals surface area contributed by atoms with Crippen LogP contribution in [-0.4, -0.2) is 58.2 Å². The molecule has 1 aromatic rings. The minimum Gasteiger partial charge on any atom is -0.411 e. The van der Waals surface area contributed by atoms with Crippen LogP contribution in [-0.2, 0) is 20.6 Å². The van der Waals surface area contributed by atoms with Gasteiger partial charge < -0.3 is 14.6 Å². The molecule has 0 heterocycles. The Balaban J connectivity index is 2.62. The Kier molecular flexibility index (Phi) is 10.3. The Morgan fingerprint density at radius 1 is 1.05 bits per heavy atom. The molecule has 1 aromatic carbocycles. The zero-order chi connectivity index (χ0) is 15.3. The van der Waals surface area contributed by atoms with Crippen LogP contribution >= 0.6 is 0 Å². The third-order valence-electron chi connectivity index (χ3n) is 2.46. The molecule has 0 spiro atoms. The van der Waals surface area contributed by atoms with Crippen molar-refractivity contribution in [3.8, 4) is 0 Å². The van der Waals surface area contributed by atoms with Crippen LogP contribution in [0.3, 0.4) is 0 Å². The van der Waals surface area contributed by atoms with E-state index < -0.39 is 0 Å². The summed E-state index contributed by atoms with van der Waals surface area (Å²) < 4.78 is 5.60. The molecule has 1 rings (SSSR count). The molecule has 6 nitrogen and oxygen atoms in total. The fourth-order valence-electron chi connectivity index (χ4n) is 1.54. The Bertz CT molecular complexity index is 372. The van der Waals surface area contributed by atoms with Gasteiger partial charge in [-0.3, -0.25) is 9.68 Å². The van der Waals surface area contributed by atoms with E-state index >= 15 is 0 Å². The number of benzene rings is 1. The number of nitrogens with zero attached hydrogens (tertiary/aromatic N) is 1. The quantitative estimate of drug-likeness (QED) is 0.322. The highest BCUT2D eigenvalue weighted by atomic mass is 28.2. The molecule has 0 aliphatic heterocycles. The van der Waals surface area contributed by atoms with Gasteiger partial charge in [0.1, 0.15) is 0 Å². The second kappa shape index (κ2) is 11.8. The van der Waals surface area contributed by atoms with Crippen LogP contribution in [0.15, 0.2) is 24.3 Å². The lowest BCUT2D eigenvalue weighted by Crippen LogP contribution is -2.31. The lowest BCUT2D eigenvalue weighted by atomic mass is 10.2. The average Bonchev–Trinajstić information content (AvgIpc) is 2.51. The summed E-state index contributed by atoms with van der Waals surface area (Å²) in [5.74, 6) is 0. The summed E-state index contributed by atoms with van der Waals surface area (Å²) in [5, 5.41) is 20.0. The van der Waals surface area contributed by atoms with Crippen LogP contribution in [0, 0.1) is 0 Å². The largest absolute Gasteiger partial charge is 0.411 e. The van der Waals surface area contributed by atoms with Crippen LogP contribution < -0.4 is 5.19 Å². The number of hydroxylamine groups is 2. The van der Waals surface area contributed by atoms with Crippen LogP contribution in [0.5, 0.6) is 0 Å². The molecular weight excluding hydrogens is 290 g/mol. The predicted octanol–water partition coefficient (Wildman–Crippen LogP) is 0.00750. The van der Waals surface area contributed by atoms with E-state index in [0.717, 1.165) is 23.8 Å². The van der Waals surface area contributed by atoms with Gasteiger partial charge in [0.15, 0.2) is 0 Å². The molecule has 21 heavy (non-hydrogen) atoms. The number of hydrogen-bond acceptors (Lipinski definition) is 6. The first-order valence-electron chi connectivity index (χ1n) is 7.02. The summed E-state index contributed by atoms with van der Waals surface area (Å²) in [7, 11) is 0.278. The average molecular weight is 313 g/mol. The Labute approximate surface area is 128 Å². The first-order valence-corrected chi connectivity index (χ1v) is 7.93. The maximum absolute atomic E-state index is 8.83. The van der Waals surface area contributed by atoms with Gasteiger partial charge in [0.2, 0.25) is 0 Å². The van der Waals surface area contributed by atoms with Gasteiger partial charge >= 0.3 is 0 Å². The number of rotatable bonds is 12. The van der Waals surface area contributed by atoms with E-state index in [1.165, 1.54) is 5.23 Å². The van der Waals surface area contributed by atoms with E-state index in [0.29, 0.717) is 6.54 Å². The van der Waals surface area contributed by atoms with Crippen molar-refractivity contribution >= 4 is 14.9 Å². The molecule has 0 aliphatic rings. The van der Waals surface area contributed by atoms with Gasteiger partial charge in [0.25, 0.3) is 9.76 Å². The van der Waals surface area contributed by atoms with Gasteiger partial charge in [-0.15, -0.1) is 0 Å². The Morgan fingerprint density at radius 3 is 2.33 bits per heavy atom. The number of hydrogen-bond donors (Lipinski definition) is 2. The summed E-state index contributed by atoms with van der Waals surface area (Å²) in [6, 6.07) is 7.91. The molecular formula is C14H23NO5Si. The van der Waals surface area contributed by atoms with Crippen LogP contribution in [0.1, 0.15) is 18.9 Å². The molecule has 2 radical (unpaired) electrons. The van der Waals surface area contributed by atoms with Crippen molar-refractivity contribution in [2.45, 2.75) is 19.9 Å². The van der Waals surface area contributed by atoms with Gasteiger partial charge in [-0.2, -0.15) is 0 Å². The lowest BCUT2D eigenvalue weighted by molar-refractivity contribution is -0.377. The second-order valence-electron chi connectivity index (χ2n) is 4.21. The molecule has 0 amide bonds. The smallest absolute Gasteiger partial charge is 0.268 e. The fraction of sp³-hybridized carbons (Fsp3) is 0.571. The maximum atomic E-state index is 8.83. The topological polar surface area (TPSA) is 71.4 Å². The zero-order valence-corrected chi connectivity index (χ0v) is 13.3. The highest BCUT2D eigenvalue weighted by Gasteiger charge is 2.11. The maximum Gasteiger partial charge on any atom is 0.268 e. The number of aliphatic hydroxyl groups excluding tert-OH is 2. The number of aliphatic hydroxyl groups is 2. The highest BCUT2D eigenvalue weighted by molar-refractivity contribution is 6.47. The molecule has 0 saturated heterocycles. The predicted molar refractivity (Wildman–Crippen MR) is 79.7 cm³/mol. The molecule has 0 saturated carbocycles. The molecule has 7 heteroatoms. The molecule has 0 aromatic heterocycles. The van der Waals surface area contributed by atoms with Crippen LogP contribution in [0.2, 0.25) is 0 Å². The normalized spacial score (nSPS) is 11.2. The minimum absolute atomic E-state index is 0.0952. The summed E-state index contributed by atoms with van der Waals surface area (Å²) in [4.78, 5) is 10.6. The monoisotopic (exact) mass is 313 g/mol. The van der Waals surface area contributed by atoms with Crippen LogP contribution in [0.4, 0.5) is 0 Å². The van der Waals surface area contributed by atoms with Crippen molar-refractivity contribution in [1.82, 2.24) is 5.23 Å². The van der Waals surface area contributed by atoms with Gasteiger partial charge in [0.05, 0.1) is 33.0 Å². The summed E-state index contributed by atoms with van der Waals surface area (Å²) >= 11 is 0. The molecule has 0 atom stereocenters. The first-order chi connectivity index (χ1) is 10.3. The summed E-state index contributed by atoms with van der Waals surface area (Å²) in [5.41, 5.74) is 1.03. The van der Waals surface area contributed by atoms with E-state index in [9.17, 15) is 0 Å². The molecule has 0 unspecified atom stereocenters. The van der Waals surface area contributed by atoms with Crippen molar-refractivity contribution in [2.75, 3.05) is 33.0 Å². The lowest BCUT2D eigenvalue weighted by Gasteiger charge is -2.21. The zero-order valence-electron chi connectivity index (χ0n) is 12.3. The molecule has 0 bridgehead atoms. The molecule has 0 fully saturated rings. The van der Waals surface area contributed by atoms with Gasteiger partial charge in [-0.05, 0) is 17.2 Å². The van der Waals surface area contributed by atoms with Crippen LogP contribution in [0.25, 0.3) is 0 Å². The van der Waals surface area contributed by atoms with Crippen molar-refractivity contribution in [1.29, 1.82) is 0 Å². The van der Waals surface area contributed by atoms with E-state index in [1.807, 2.05) is 24.3 Å². The SMILES string of the molecule is CCCO[Si]c1ccccc1CN(OCCO)OCCO. The van der Waals surface area contributed by atoms with E-state index in [1.54, 1.807) is 0 Å². The highest BCUT2D eigenvalue weighted by Crippen LogP contribution is 2.04. The van der Waals surface area contributed by atoms with Crippen molar-refractivity contribution < 1.29 is 24.3 Å². The van der Waals surface area contributed by atoms with Crippen molar-refractivity contribution in [3.63, 3.8) is 0 Å². The summed E-state index contributed by atoms with van der Waals surface area (Å²) in [6.45, 7) is 3.30. The molecule has 0 aliphatic carbocycles. The standard InChI is InChI=1S/C14H23NO5Si/c1-2-9-20-21-14-6-4-3-5-13(14)12-15(18-10-7-16)19-11-8-17/h3-6,16-17H,2,7-12H2,1H3. The molecule has 118 valence electrons. The third kappa shape index (κ3) is 7.68. The van der Waals surface area contributed by atoms with Gasteiger partial charge in [-0.25, -0.2) is 0 Å². The first kappa shape index (κ1) is 18.2. The van der Waals surface area contributed by atoms with E-state index in [-0.39, 0.29) is 36.2 Å². The van der Waals surface area contributed by atoms with Crippen molar-refractivity contribution in [2.24, 2.45) is 0 Å². The fourth-order valence-corrected chi connectivity index (χ4v) is 2.46. The van der Waals surface area contributed by atoms with E-state index in [4.69, 9.17) is 24.3 Å². The van der Waals surface area contributed by atoms with Gasteiger partial charge in [0, 0.05) is 6.61 Å². The van der Waals surface area contributed by atoms with E-state index in [2.05, 4.69) is 6.92 Å². The Hall–Kier alpha value is -0.803. The summed E-state index contributed by atoms with van der Waals surface area (Å²) in [6.07, 6.45) is 0.987. The minimum atomic E-state index is -0.0952. The van der Waals surface area contributed by atoms with Gasteiger partial charge in [-0.1, -0.05) is 36.4 Å². The molecule has 2 N–H and O–H groups in total. The second-order valence-corrected chi connectivity index (χ2v) is 5.24. The Morgan fingerprint density at radius 2 is 1.71 bits per heavy atom. The van der Waals surface area contributed by atoms with Crippen molar-refractivity contribution in [3.05, 3.63) is 29.8 Å². The third-order valence-corrected chi connectivity index (χ3v) is 3.51.